The van der Waals surface area contributed by atoms with Gasteiger partial charge in [0.05, 0.1) is 17.0 Å². The highest BCUT2D eigenvalue weighted by molar-refractivity contribution is 6.04. The van der Waals surface area contributed by atoms with Crippen molar-refractivity contribution in [2.24, 2.45) is 0 Å². The highest BCUT2D eigenvalue weighted by Gasteiger charge is 2.21. The van der Waals surface area contributed by atoms with Crippen LogP contribution in [0.1, 0.15) is 33.0 Å². The second-order valence-corrected chi connectivity index (χ2v) is 8.11. The molecular formula is C26H23N5O. The molecule has 1 amide bonds. The number of rotatable bonds is 3. The van der Waals surface area contributed by atoms with Crippen molar-refractivity contribution in [1.29, 1.82) is 0 Å². The fourth-order valence-electron chi connectivity index (χ4n) is 4.09. The van der Waals surface area contributed by atoms with Gasteiger partial charge >= 0.3 is 0 Å². The Balaban J connectivity index is 1.60. The molecule has 0 saturated heterocycles. The summed E-state index contributed by atoms with van der Waals surface area (Å²) >= 11 is 0. The van der Waals surface area contributed by atoms with Gasteiger partial charge < -0.3 is 5.32 Å². The molecule has 0 unspecified atom stereocenters. The maximum Gasteiger partial charge on any atom is 0.278 e. The van der Waals surface area contributed by atoms with E-state index in [-0.39, 0.29) is 11.6 Å². The number of nitrogens with zero attached hydrogens (tertiary/aromatic N) is 4. The van der Waals surface area contributed by atoms with Crippen molar-refractivity contribution in [3.05, 3.63) is 88.9 Å². The molecule has 32 heavy (non-hydrogen) atoms. The number of hydrogen-bond acceptors (Lipinski definition) is 4. The fourth-order valence-corrected chi connectivity index (χ4v) is 4.09. The van der Waals surface area contributed by atoms with Gasteiger partial charge in [0.25, 0.3) is 5.91 Å². The Bertz CT molecular complexity index is 1510. The van der Waals surface area contributed by atoms with Crippen LogP contribution >= 0.6 is 0 Å². The lowest BCUT2D eigenvalue weighted by Crippen LogP contribution is -2.18. The zero-order valence-electron chi connectivity index (χ0n) is 18.5. The zero-order valence-corrected chi connectivity index (χ0v) is 18.5. The minimum absolute atomic E-state index is 0.252. The van der Waals surface area contributed by atoms with E-state index in [9.17, 15) is 4.79 Å². The second-order valence-electron chi connectivity index (χ2n) is 8.11. The van der Waals surface area contributed by atoms with E-state index in [0.717, 1.165) is 38.8 Å². The first-order valence-electron chi connectivity index (χ1n) is 10.5. The Hall–Kier alpha value is -4.06. The Labute approximate surface area is 185 Å². The molecule has 2 aromatic heterocycles. The van der Waals surface area contributed by atoms with Gasteiger partial charge in [0.15, 0.2) is 11.3 Å². The first kappa shape index (κ1) is 19.9. The van der Waals surface area contributed by atoms with Gasteiger partial charge in [-0.1, -0.05) is 48.5 Å². The van der Waals surface area contributed by atoms with Crippen molar-refractivity contribution >= 4 is 28.0 Å². The quantitative estimate of drug-likeness (QED) is 0.422. The molecule has 0 fully saturated rings. The lowest BCUT2D eigenvalue weighted by molar-refractivity contribution is 0.102. The number of fused-ring (bicyclic) bond motifs is 2. The number of carbonyl (C=O) groups excluding carboxylic acids is 1. The molecule has 3 aromatic carbocycles. The summed E-state index contributed by atoms with van der Waals surface area (Å²) in [5.74, 6) is -0.306. The average molecular weight is 422 g/mol. The van der Waals surface area contributed by atoms with Gasteiger partial charge in [0.1, 0.15) is 0 Å². The number of aromatic nitrogens is 4. The van der Waals surface area contributed by atoms with E-state index in [1.165, 1.54) is 5.56 Å². The first-order chi connectivity index (χ1) is 15.4. The highest BCUT2D eigenvalue weighted by atomic mass is 16.2. The molecule has 1 N–H and O–H groups in total. The SMILES string of the molecule is Cc1ccc(NC(=O)c2nnc3c(-c4cccc5ccccc45)c(C)nn3c2C)cc1C. The van der Waals surface area contributed by atoms with Gasteiger partial charge in [-0.3, -0.25) is 4.79 Å². The van der Waals surface area contributed by atoms with Gasteiger partial charge in [-0.05, 0) is 67.3 Å². The van der Waals surface area contributed by atoms with Gasteiger partial charge in [0.2, 0.25) is 0 Å². The predicted octanol–water partition coefficient (Wildman–Crippen LogP) is 5.43. The molecule has 6 nitrogen and oxygen atoms in total. The minimum Gasteiger partial charge on any atom is -0.321 e. The molecule has 0 aliphatic carbocycles. The van der Waals surface area contributed by atoms with Crippen molar-refractivity contribution in [2.75, 3.05) is 5.32 Å². The number of benzene rings is 3. The van der Waals surface area contributed by atoms with E-state index in [1.54, 1.807) is 4.52 Å². The molecule has 0 spiro atoms. The summed E-state index contributed by atoms with van der Waals surface area (Å²) in [5.41, 5.74) is 7.37. The van der Waals surface area contributed by atoms with Crippen LogP contribution < -0.4 is 5.32 Å². The van der Waals surface area contributed by atoms with Crippen LogP contribution in [0, 0.1) is 27.7 Å². The average Bonchev–Trinajstić information content (AvgIpc) is 3.12. The lowest BCUT2D eigenvalue weighted by atomic mass is 9.98. The third-order valence-corrected chi connectivity index (χ3v) is 5.98. The van der Waals surface area contributed by atoms with Crippen molar-refractivity contribution in [3.8, 4) is 11.1 Å². The Morgan fingerprint density at radius 3 is 2.47 bits per heavy atom. The number of nitrogens with one attached hydrogen (secondary N) is 1. The van der Waals surface area contributed by atoms with Crippen molar-refractivity contribution in [1.82, 2.24) is 19.8 Å². The molecule has 6 heteroatoms. The molecule has 158 valence electrons. The van der Waals surface area contributed by atoms with Gasteiger partial charge in [-0.2, -0.15) is 5.10 Å². The summed E-state index contributed by atoms with van der Waals surface area (Å²) in [6.07, 6.45) is 0. The van der Waals surface area contributed by atoms with Crippen molar-refractivity contribution < 1.29 is 4.79 Å². The zero-order chi connectivity index (χ0) is 22.4. The normalized spacial score (nSPS) is 11.2. The standard InChI is InChI=1S/C26H23N5O/c1-15-12-13-20(14-16(15)2)27-26(32)24-18(4)31-25(29-28-24)23(17(3)30-31)22-11-7-9-19-8-5-6-10-21(19)22/h5-14H,1-4H3,(H,27,32). The van der Waals surface area contributed by atoms with Crippen LogP contribution in [0.4, 0.5) is 5.69 Å². The molecule has 0 saturated carbocycles. The van der Waals surface area contributed by atoms with Crippen LogP contribution in [0.2, 0.25) is 0 Å². The minimum atomic E-state index is -0.306. The molecule has 0 aliphatic rings. The summed E-state index contributed by atoms with van der Waals surface area (Å²) in [5, 5.41) is 18.6. The number of aryl methyl sites for hydroxylation is 4. The summed E-state index contributed by atoms with van der Waals surface area (Å²) in [6, 6.07) is 20.3. The van der Waals surface area contributed by atoms with Gasteiger partial charge in [-0.25, -0.2) is 4.52 Å². The van der Waals surface area contributed by atoms with E-state index >= 15 is 0 Å². The van der Waals surface area contributed by atoms with Gasteiger partial charge in [0, 0.05) is 5.69 Å². The lowest BCUT2D eigenvalue weighted by Gasteiger charge is -2.10. The molecule has 0 aliphatic heterocycles. The molecule has 0 radical (unpaired) electrons. The molecule has 0 bridgehead atoms. The smallest absolute Gasteiger partial charge is 0.278 e. The molecular weight excluding hydrogens is 398 g/mol. The maximum atomic E-state index is 13.0. The van der Waals surface area contributed by atoms with Crippen LogP contribution in [0.3, 0.4) is 0 Å². The predicted molar refractivity (Wildman–Crippen MR) is 127 cm³/mol. The van der Waals surface area contributed by atoms with E-state index in [1.807, 2.05) is 64.1 Å². The maximum absolute atomic E-state index is 13.0. The summed E-state index contributed by atoms with van der Waals surface area (Å²) < 4.78 is 1.72. The molecule has 5 rings (SSSR count). The number of amides is 1. The fraction of sp³-hybridized carbons (Fsp3) is 0.154. The number of hydrogen-bond donors (Lipinski definition) is 1. The van der Waals surface area contributed by atoms with Crippen LogP contribution in [-0.4, -0.2) is 25.7 Å². The largest absolute Gasteiger partial charge is 0.321 e. The Morgan fingerprint density at radius 1 is 0.875 bits per heavy atom. The van der Waals surface area contributed by atoms with Crippen LogP contribution in [0.5, 0.6) is 0 Å². The third kappa shape index (κ3) is 3.21. The topological polar surface area (TPSA) is 72.2 Å². The summed E-state index contributed by atoms with van der Waals surface area (Å²) in [6.45, 7) is 7.86. The van der Waals surface area contributed by atoms with E-state index in [2.05, 4.69) is 39.8 Å². The number of anilines is 1. The molecule has 2 heterocycles. The van der Waals surface area contributed by atoms with Crippen molar-refractivity contribution in [3.63, 3.8) is 0 Å². The second kappa shape index (κ2) is 7.57. The van der Waals surface area contributed by atoms with Crippen LogP contribution in [-0.2, 0) is 0 Å². The number of carbonyl (C=O) groups is 1. The van der Waals surface area contributed by atoms with E-state index < -0.39 is 0 Å². The molecule has 5 aromatic rings. The third-order valence-electron chi connectivity index (χ3n) is 5.98. The van der Waals surface area contributed by atoms with Crippen molar-refractivity contribution in [2.45, 2.75) is 27.7 Å². The van der Waals surface area contributed by atoms with E-state index in [4.69, 9.17) is 5.10 Å². The first-order valence-corrected chi connectivity index (χ1v) is 10.5. The Kier molecular flexibility index (Phi) is 4.70. The highest BCUT2D eigenvalue weighted by Crippen LogP contribution is 2.33. The summed E-state index contributed by atoms with van der Waals surface area (Å²) in [4.78, 5) is 13.0. The van der Waals surface area contributed by atoms with Crippen LogP contribution in [0.15, 0.2) is 60.7 Å². The molecule has 0 atom stereocenters. The summed E-state index contributed by atoms with van der Waals surface area (Å²) in [7, 11) is 0. The monoisotopic (exact) mass is 421 g/mol. The Morgan fingerprint density at radius 2 is 1.66 bits per heavy atom. The van der Waals surface area contributed by atoms with Crippen LogP contribution in [0.25, 0.3) is 27.5 Å². The van der Waals surface area contributed by atoms with Gasteiger partial charge in [-0.15, -0.1) is 10.2 Å². The van der Waals surface area contributed by atoms with E-state index in [0.29, 0.717) is 11.3 Å².